The molecule has 1 aromatic heterocycles. The van der Waals surface area contributed by atoms with Crippen molar-refractivity contribution in [2.45, 2.75) is 24.9 Å². The standard InChI is InChI=1S/C38H36N3OP/c1-2-27-26-41-24-22-28(27)25-35(41)37(32-21-23-39-34-19-11-9-17-31(32)34)40-38(42)33-18-10-12-20-36(33)43(29-13-5-3-6-14-29)30-15-7-4-8-16-30/h2-21,23,27-28,35,37H,1,22,24-26H2,(H,40,42)/t27?,28?,35?,37-/m1/s1. The van der Waals surface area contributed by atoms with Crippen molar-refractivity contribution in [1.82, 2.24) is 15.2 Å². The van der Waals surface area contributed by atoms with E-state index < -0.39 is 7.92 Å². The van der Waals surface area contributed by atoms with E-state index in [9.17, 15) is 4.79 Å². The number of nitrogens with one attached hydrogen (secondary N) is 1. The van der Waals surface area contributed by atoms with E-state index in [1.165, 1.54) is 17.0 Å². The third kappa shape index (κ3) is 5.42. The van der Waals surface area contributed by atoms with Crippen molar-refractivity contribution < 1.29 is 4.79 Å². The highest BCUT2D eigenvalue weighted by Crippen LogP contribution is 2.42. The minimum Gasteiger partial charge on any atom is -0.344 e. The molecule has 4 nitrogen and oxygen atoms in total. The molecule has 4 aromatic carbocycles. The topological polar surface area (TPSA) is 45.2 Å². The number of rotatable bonds is 8. The molecule has 3 aliphatic heterocycles. The van der Waals surface area contributed by atoms with Crippen LogP contribution in [0.5, 0.6) is 0 Å². The van der Waals surface area contributed by atoms with Gasteiger partial charge in [-0.1, -0.05) is 103 Å². The lowest BCUT2D eigenvalue weighted by Gasteiger charge is -2.51. The van der Waals surface area contributed by atoms with Crippen molar-refractivity contribution in [3.8, 4) is 0 Å². The van der Waals surface area contributed by atoms with Gasteiger partial charge in [0.2, 0.25) is 0 Å². The number of carbonyl (C=O) groups excluding carboxylic acids is 1. The highest BCUT2D eigenvalue weighted by Gasteiger charge is 2.43. The number of para-hydroxylation sites is 1. The van der Waals surface area contributed by atoms with Gasteiger partial charge in [-0.15, -0.1) is 6.58 Å². The van der Waals surface area contributed by atoms with Crippen LogP contribution in [0.3, 0.4) is 0 Å². The van der Waals surface area contributed by atoms with E-state index in [0.29, 0.717) is 11.8 Å². The summed E-state index contributed by atoms with van der Waals surface area (Å²) < 4.78 is 0. The van der Waals surface area contributed by atoms with Gasteiger partial charge in [-0.25, -0.2) is 0 Å². The first-order chi connectivity index (χ1) is 21.2. The highest BCUT2D eigenvalue weighted by molar-refractivity contribution is 7.80. The molecule has 3 aliphatic rings. The Kier molecular flexibility index (Phi) is 7.89. The Bertz CT molecular complexity index is 1700. The van der Waals surface area contributed by atoms with Gasteiger partial charge in [0, 0.05) is 29.7 Å². The normalized spacial score (nSPS) is 21.9. The van der Waals surface area contributed by atoms with Gasteiger partial charge in [0.25, 0.3) is 5.91 Å². The lowest BCUT2D eigenvalue weighted by atomic mass is 9.73. The number of carbonyl (C=O) groups is 1. The maximum atomic E-state index is 14.6. The Balaban J connectivity index is 1.30. The molecule has 4 unspecified atom stereocenters. The lowest BCUT2D eigenvalue weighted by Crippen LogP contribution is -2.57. The molecule has 0 saturated carbocycles. The predicted molar refractivity (Wildman–Crippen MR) is 179 cm³/mol. The Labute approximate surface area is 255 Å². The summed E-state index contributed by atoms with van der Waals surface area (Å²) in [5.74, 6) is 1.08. The molecule has 1 N–H and O–H groups in total. The average molecular weight is 582 g/mol. The Hall–Kier alpha value is -4.11. The Morgan fingerprint density at radius 1 is 0.884 bits per heavy atom. The summed E-state index contributed by atoms with van der Waals surface area (Å²) in [7, 11) is -0.927. The van der Waals surface area contributed by atoms with Gasteiger partial charge in [-0.05, 0) is 78.8 Å². The SMILES string of the molecule is C=CC1CN2CCC1CC2[C@H](NC(=O)c1ccccc1P(c1ccccc1)c1ccccc1)c1ccnc2ccccc12. The van der Waals surface area contributed by atoms with Crippen molar-refractivity contribution in [3.63, 3.8) is 0 Å². The number of hydrogen-bond donors (Lipinski definition) is 1. The van der Waals surface area contributed by atoms with E-state index in [4.69, 9.17) is 0 Å². The van der Waals surface area contributed by atoms with Gasteiger partial charge in [0.05, 0.1) is 11.6 Å². The number of aromatic nitrogens is 1. The zero-order valence-corrected chi connectivity index (χ0v) is 25.1. The molecule has 5 heteroatoms. The molecule has 43 heavy (non-hydrogen) atoms. The summed E-state index contributed by atoms with van der Waals surface area (Å²) in [6, 6.07) is 39.8. The number of nitrogens with zero attached hydrogens (tertiary/aromatic N) is 2. The molecule has 3 fully saturated rings. The van der Waals surface area contributed by atoms with Crippen LogP contribution in [0.2, 0.25) is 0 Å². The van der Waals surface area contributed by atoms with Crippen molar-refractivity contribution >= 4 is 40.6 Å². The van der Waals surface area contributed by atoms with Crippen LogP contribution in [-0.2, 0) is 0 Å². The lowest BCUT2D eigenvalue weighted by molar-refractivity contribution is 0.00171. The summed E-state index contributed by atoms with van der Waals surface area (Å²) in [6.07, 6.45) is 6.25. The van der Waals surface area contributed by atoms with Crippen molar-refractivity contribution in [2.75, 3.05) is 13.1 Å². The molecule has 0 aliphatic carbocycles. The van der Waals surface area contributed by atoms with Crippen LogP contribution in [-0.4, -0.2) is 34.9 Å². The molecule has 214 valence electrons. The minimum atomic E-state index is -0.927. The molecule has 4 heterocycles. The van der Waals surface area contributed by atoms with Gasteiger partial charge in [0.15, 0.2) is 0 Å². The van der Waals surface area contributed by atoms with Crippen molar-refractivity contribution in [1.29, 1.82) is 0 Å². The van der Waals surface area contributed by atoms with E-state index in [1.54, 1.807) is 0 Å². The second-order valence-corrected chi connectivity index (χ2v) is 13.8. The third-order valence-corrected chi connectivity index (χ3v) is 11.8. The summed E-state index contributed by atoms with van der Waals surface area (Å²) in [4.78, 5) is 21.8. The maximum absolute atomic E-state index is 14.6. The van der Waals surface area contributed by atoms with Gasteiger partial charge in [-0.2, -0.15) is 0 Å². The number of piperidine rings is 3. The van der Waals surface area contributed by atoms with E-state index in [0.717, 1.165) is 46.8 Å². The number of fused-ring (bicyclic) bond motifs is 4. The van der Waals surface area contributed by atoms with Gasteiger partial charge in [0.1, 0.15) is 0 Å². The first-order valence-electron chi connectivity index (χ1n) is 15.2. The first-order valence-corrected chi connectivity index (χ1v) is 16.6. The molecule has 3 saturated heterocycles. The highest BCUT2D eigenvalue weighted by atomic mass is 31.1. The fourth-order valence-electron chi connectivity index (χ4n) is 7.16. The molecule has 0 radical (unpaired) electrons. The van der Waals surface area contributed by atoms with Crippen molar-refractivity contribution in [3.05, 3.63) is 145 Å². The molecule has 8 rings (SSSR count). The predicted octanol–water partition coefficient (Wildman–Crippen LogP) is 6.36. The van der Waals surface area contributed by atoms with Crippen LogP contribution in [0.25, 0.3) is 10.9 Å². The zero-order valence-electron chi connectivity index (χ0n) is 24.2. The molecule has 1 amide bonds. The molecular formula is C38H36N3OP. The smallest absolute Gasteiger partial charge is 0.252 e. The fourth-order valence-corrected chi connectivity index (χ4v) is 9.60. The Morgan fingerprint density at radius 2 is 1.56 bits per heavy atom. The number of pyridine rings is 1. The number of benzene rings is 4. The molecule has 5 aromatic rings. The van der Waals surface area contributed by atoms with E-state index >= 15 is 0 Å². The van der Waals surface area contributed by atoms with E-state index in [2.05, 4.69) is 113 Å². The van der Waals surface area contributed by atoms with Gasteiger partial charge < -0.3 is 5.32 Å². The number of amides is 1. The summed E-state index contributed by atoms with van der Waals surface area (Å²) in [6.45, 7) is 6.19. The Morgan fingerprint density at radius 3 is 2.26 bits per heavy atom. The largest absolute Gasteiger partial charge is 0.344 e. The summed E-state index contributed by atoms with van der Waals surface area (Å²) in [5, 5.41) is 8.23. The van der Waals surface area contributed by atoms with Crippen LogP contribution in [0.4, 0.5) is 0 Å². The first kappa shape index (κ1) is 27.7. The monoisotopic (exact) mass is 581 g/mol. The van der Waals surface area contributed by atoms with Crippen LogP contribution in [0.15, 0.2) is 134 Å². The van der Waals surface area contributed by atoms with Gasteiger partial charge >= 0.3 is 0 Å². The van der Waals surface area contributed by atoms with E-state index in [-0.39, 0.29) is 18.0 Å². The van der Waals surface area contributed by atoms with Crippen LogP contribution in [0.1, 0.15) is 34.8 Å². The second-order valence-electron chi connectivity index (χ2n) is 11.6. The van der Waals surface area contributed by atoms with Crippen LogP contribution >= 0.6 is 7.92 Å². The third-order valence-electron chi connectivity index (χ3n) is 9.26. The maximum Gasteiger partial charge on any atom is 0.252 e. The second kappa shape index (κ2) is 12.2. The van der Waals surface area contributed by atoms with Crippen LogP contribution in [0, 0.1) is 11.8 Å². The number of hydrogen-bond acceptors (Lipinski definition) is 3. The molecular weight excluding hydrogens is 545 g/mol. The quantitative estimate of drug-likeness (QED) is 0.171. The van der Waals surface area contributed by atoms with Crippen LogP contribution < -0.4 is 21.2 Å². The minimum absolute atomic E-state index is 0.0243. The van der Waals surface area contributed by atoms with E-state index in [1.807, 2.05) is 36.5 Å². The van der Waals surface area contributed by atoms with Gasteiger partial charge in [-0.3, -0.25) is 14.7 Å². The summed E-state index contributed by atoms with van der Waals surface area (Å²) >= 11 is 0. The molecule has 2 bridgehead atoms. The van der Waals surface area contributed by atoms with Crippen molar-refractivity contribution in [2.24, 2.45) is 11.8 Å². The zero-order chi connectivity index (χ0) is 29.2. The average Bonchev–Trinajstić information content (AvgIpc) is 3.08. The molecule has 0 spiro atoms. The molecule has 5 atom stereocenters. The fraction of sp³-hybridized carbons (Fsp3) is 0.211. The summed E-state index contributed by atoms with van der Waals surface area (Å²) in [5.41, 5.74) is 2.83.